The number of nitrogens with zero attached hydrogens (tertiary/aromatic N) is 3. The van der Waals surface area contributed by atoms with E-state index in [4.69, 9.17) is 11.6 Å². The van der Waals surface area contributed by atoms with Gasteiger partial charge in [-0.15, -0.1) is 0 Å². The predicted molar refractivity (Wildman–Crippen MR) is 105 cm³/mol. The van der Waals surface area contributed by atoms with Crippen molar-refractivity contribution in [3.05, 3.63) is 46.9 Å². The molecule has 2 heterocycles. The molecule has 8 heteroatoms. The van der Waals surface area contributed by atoms with Gasteiger partial charge in [-0.1, -0.05) is 18.5 Å². The standard InChI is InChI=1S/C19H22ClN5O2/c1-2-7-22-18(26)14-10-13(5-6-15(14)20)23-17-12-21-11-16(24-17)19(27)25-8-3-4-9-25/h5-6,10-12H,2-4,7-9H2,1H3,(H,22,26)(H,23,24). The molecule has 0 atom stereocenters. The molecule has 0 spiro atoms. The molecule has 0 radical (unpaired) electrons. The molecular formula is C19H22ClN5O2. The maximum absolute atomic E-state index is 12.5. The van der Waals surface area contributed by atoms with Gasteiger partial charge >= 0.3 is 0 Å². The topological polar surface area (TPSA) is 87.2 Å². The third kappa shape index (κ3) is 4.74. The normalized spacial score (nSPS) is 13.5. The van der Waals surface area contributed by atoms with Crippen LogP contribution in [0.25, 0.3) is 0 Å². The molecule has 7 nitrogen and oxygen atoms in total. The largest absolute Gasteiger partial charge is 0.352 e. The minimum absolute atomic E-state index is 0.112. The van der Waals surface area contributed by atoms with Crippen LogP contribution in [-0.4, -0.2) is 46.3 Å². The summed E-state index contributed by atoms with van der Waals surface area (Å²) in [5.41, 5.74) is 1.32. The Bertz CT molecular complexity index is 837. The molecule has 1 aromatic heterocycles. The second kappa shape index (κ2) is 8.81. The van der Waals surface area contributed by atoms with Crippen LogP contribution in [0.4, 0.5) is 11.5 Å². The number of anilines is 2. The Morgan fingerprint density at radius 1 is 1.22 bits per heavy atom. The second-order valence-corrected chi connectivity index (χ2v) is 6.77. The summed E-state index contributed by atoms with van der Waals surface area (Å²) in [5, 5.41) is 6.27. The molecule has 0 bridgehead atoms. The van der Waals surface area contributed by atoms with Crippen molar-refractivity contribution in [1.82, 2.24) is 20.2 Å². The van der Waals surface area contributed by atoms with Crippen LogP contribution in [0.2, 0.25) is 5.02 Å². The quantitative estimate of drug-likeness (QED) is 0.794. The van der Waals surface area contributed by atoms with Crippen molar-refractivity contribution in [1.29, 1.82) is 0 Å². The van der Waals surface area contributed by atoms with E-state index in [1.165, 1.54) is 12.4 Å². The monoisotopic (exact) mass is 387 g/mol. The molecule has 0 saturated carbocycles. The van der Waals surface area contributed by atoms with Crippen LogP contribution in [0.3, 0.4) is 0 Å². The zero-order chi connectivity index (χ0) is 19.2. The third-order valence-corrected chi connectivity index (χ3v) is 4.60. The summed E-state index contributed by atoms with van der Waals surface area (Å²) in [5.74, 6) is 0.0937. The maximum Gasteiger partial charge on any atom is 0.274 e. The van der Waals surface area contributed by atoms with Crippen molar-refractivity contribution >= 4 is 34.9 Å². The lowest BCUT2D eigenvalue weighted by Gasteiger charge is -2.15. The number of amides is 2. The van der Waals surface area contributed by atoms with Crippen LogP contribution < -0.4 is 10.6 Å². The van der Waals surface area contributed by atoms with Gasteiger partial charge in [0.1, 0.15) is 11.5 Å². The second-order valence-electron chi connectivity index (χ2n) is 6.36. The first-order valence-corrected chi connectivity index (χ1v) is 9.42. The Hall–Kier alpha value is -2.67. The lowest BCUT2D eigenvalue weighted by Crippen LogP contribution is -2.28. The number of rotatable bonds is 6. The molecule has 3 rings (SSSR count). The average Bonchev–Trinajstić information content (AvgIpc) is 3.22. The van der Waals surface area contributed by atoms with Gasteiger partial charge in [-0.25, -0.2) is 4.98 Å². The first kappa shape index (κ1) is 19.1. The summed E-state index contributed by atoms with van der Waals surface area (Å²) in [7, 11) is 0. The maximum atomic E-state index is 12.5. The van der Waals surface area contributed by atoms with Gasteiger partial charge in [0.15, 0.2) is 0 Å². The number of aromatic nitrogens is 2. The van der Waals surface area contributed by atoms with Gasteiger partial charge < -0.3 is 15.5 Å². The van der Waals surface area contributed by atoms with Gasteiger partial charge in [0, 0.05) is 25.3 Å². The van der Waals surface area contributed by atoms with Crippen molar-refractivity contribution in [2.24, 2.45) is 0 Å². The van der Waals surface area contributed by atoms with Crippen molar-refractivity contribution in [3.8, 4) is 0 Å². The Morgan fingerprint density at radius 3 is 2.74 bits per heavy atom. The number of likely N-dealkylation sites (tertiary alicyclic amines) is 1. The molecule has 142 valence electrons. The van der Waals surface area contributed by atoms with Crippen LogP contribution in [0.1, 0.15) is 47.0 Å². The number of halogens is 1. The van der Waals surface area contributed by atoms with Crippen molar-refractivity contribution in [2.45, 2.75) is 26.2 Å². The SMILES string of the molecule is CCCNC(=O)c1cc(Nc2cncc(C(=O)N3CCCC3)n2)ccc1Cl. The Balaban J connectivity index is 1.76. The summed E-state index contributed by atoms with van der Waals surface area (Å²) in [6, 6.07) is 5.05. The van der Waals surface area contributed by atoms with Crippen LogP contribution in [-0.2, 0) is 0 Å². The lowest BCUT2D eigenvalue weighted by molar-refractivity contribution is 0.0786. The first-order valence-electron chi connectivity index (χ1n) is 9.04. The summed E-state index contributed by atoms with van der Waals surface area (Å²) in [4.78, 5) is 34.9. The molecule has 0 unspecified atom stereocenters. The first-order chi connectivity index (χ1) is 13.1. The lowest BCUT2D eigenvalue weighted by atomic mass is 10.2. The Kier molecular flexibility index (Phi) is 6.24. The molecule has 1 aliphatic rings. The van der Waals surface area contributed by atoms with Gasteiger partial charge in [0.2, 0.25) is 0 Å². The highest BCUT2D eigenvalue weighted by molar-refractivity contribution is 6.34. The molecule has 0 aliphatic carbocycles. The molecular weight excluding hydrogens is 366 g/mol. The number of carbonyl (C=O) groups excluding carboxylic acids is 2. The highest BCUT2D eigenvalue weighted by Crippen LogP contribution is 2.23. The van der Waals surface area contributed by atoms with Crippen LogP contribution in [0, 0.1) is 0 Å². The molecule has 1 aromatic carbocycles. The number of hydrogen-bond acceptors (Lipinski definition) is 5. The number of nitrogens with one attached hydrogen (secondary N) is 2. The third-order valence-electron chi connectivity index (χ3n) is 4.27. The smallest absolute Gasteiger partial charge is 0.274 e. The van der Waals surface area contributed by atoms with Crippen molar-refractivity contribution in [3.63, 3.8) is 0 Å². The summed E-state index contributed by atoms with van der Waals surface area (Å²) in [6.07, 6.45) is 5.88. The number of hydrogen-bond donors (Lipinski definition) is 2. The molecule has 2 amide bonds. The fraction of sp³-hybridized carbons (Fsp3) is 0.368. The van der Waals surface area contributed by atoms with E-state index in [1.54, 1.807) is 23.1 Å². The van der Waals surface area contributed by atoms with E-state index in [9.17, 15) is 9.59 Å². The molecule has 1 saturated heterocycles. The Labute approximate surface area is 163 Å². The van der Waals surface area contributed by atoms with Gasteiger partial charge in [-0.2, -0.15) is 0 Å². The summed E-state index contributed by atoms with van der Waals surface area (Å²) in [6.45, 7) is 4.07. The molecule has 2 N–H and O–H groups in total. The van der Waals surface area contributed by atoms with Gasteiger partial charge in [0.25, 0.3) is 11.8 Å². The van der Waals surface area contributed by atoms with Crippen LogP contribution in [0.15, 0.2) is 30.6 Å². The molecule has 2 aromatic rings. The van der Waals surface area contributed by atoms with E-state index in [0.29, 0.717) is 34.3 Å². The highest BCUT2D eigenvalue weighted by atomic mass is 35.5. The summed E-state index contributed by atoms with van der Waals surface area (Å²) < 4.78 is 0. The molecule has 1 aliphatic heterocycles. The fourth-order valence-corrected chi connectivity index (χ4v) is 3.07. The van der Waals surface area contributed by atoms with E-state index < -0.39 is 0 Å². The average molecular weight is 388 g/mol. The molecule has 27 heavy (non-hydrogen) atoms. The zero-order valence-corrected chi connectivity index (χ0v) is 15.9. The number of benzene rings is 1. The van der Waals surface area contributed by atoms with E-state index in [1.807, 2.05) is 6.92 Å². The van der Waals surface area contributed by atoms with E-state index in [2.05, 4.69) is 20.6 Å². The van der Waals surface area contributed by atoms with Crippen molar-refractivity contribution in [2.75, 3.05) is 25.0 Å². The minimum atomic E-state index is -0.227. The van der Waals surface area contributed by atoms with Gasteiger partial charge in [-0.05, 0) is 37.5 Å². The van der Waals surface area contributed by atoms with E-state index in [0.717, 1.165) is 32.4 Å². The summed E-state index contributed by atoms with van der Waals surface area (Å²) >= 11 is 6.15. The highest BCUT2D eigenvalue weighted by Gasteiger charge is 2.21. The van der Waals surface area contributed by atoms with Crippen LogP contribution in [0.5, 0.6) is 0 Å². The minimum Gasteiger partial charge on any atom is -0.352 e. The van der Waals surface area contributed by atoms with E-state index in [-0.39, 0.29) is 11.8 Å². The van der Waals surface area contributed by atoms with Gasteiger partial charge in [-0.3, -0.25) is 14.6 Å². The number of carbonyl (C=O) groups is 2. The van der Waals surface area contributed by atoms with Crippen LogP contribution >= 0.6 is 11.6 Å². The van der Waals surface area contributed by atoms with E-state index >= 15 is 0 Å². The predicted octanol–water partition coefficient (Wildman–Crippen LogP) is 3.25. The zero-order valence-electron chi connectivity index (χ0n) is 15.2. The van der Waals surface area contributed by atoms with Crippen molar-refractivity contribution < 1.29 is 9.59 Å². The fourth-order valence-electron chi connectivity index (χ4n) is 2.87. The Morgan fingerprint density at radius 2 is 2.00 bits per heavy atom. The molecule has 1 fully saturated rings. The van der Waals surface area contributed by atoms with Gasteiger partial charge in [0.05, 0.1) is 23.0 Å².